The zero-order valence-electron chi connectivity index (χ0n) is 11.2. The first kappa shape index (κ1) is 13.5. The molecule has 0 aliphatic rings. The van der Waals surface area contributed by atoms with Crippen molar-refractivity contribution in [1.82, 2.24) is 20.2 Å². The van der Waals surface area contributed by atoms with Gasteiger partial charge in [-0.3, -0.25) is 5.10 Å². The number of rotatable bonds is 7. The van der Waals surface area contributed by atoms with E-state index >= 15 is 0 Å². The van der Waals surface area contributed by atoms with Crippen LogP contribution < -0.4 is 10.5 Å². The summed E-state index contributed by atoms with van der Waals surface area (Å²) in [7, 11) is 1.67. The van der Waals surface area contributed by atoms with E-state index in [0.29, 0.717) is 23.5 Å². The van der Waals surface area contributed by atoms with Crippen LogP contribution in [0.15, 0.2) is 6.20 Å². The lowest BCUT2D eigenvalue weighted by molar-refractivity contribution is 0.112. The minimum atomic E-state index is 0.0321. The predicted molar refractivity (Wildman–Crippen MR) is 71.9 cm³/mol. The molecule has 0 bridgehead atoms. The highest BCUT2D eigenvalue weighted by atomic mass is 16.5. The van der Waals surface area contributed by atoms with Gasteiger partial charge in [0.1, 0.15) is 11.9 Å². The molecule has 0 aromatic carbocycles. The zero-order valence-corrected chi connectivity index (χ0v) is 11.2. The Balaban J connectivity index is 2.13. The van der Waals surface area contributed by atoms with E-state index in [1.165, 1.54) is 0 Å². The minimum Gasteiger partial charge on any atom is -0.460 e. The van der Waals surface area contributed by atoms with Crippen LogP contribution in [0.4, 0.5) is 5.82 Å². The summed E-state index contributed by atoms with van der Waals surface area (Å²) in [6, 6.07) is 0.281. The highest BCUT2D eigenvalue weighted by Gasteiger charge is 2.14. The van der Waals surface area contributed by atoms with Crippen LogP contribution >= 0.6 is 0 Å². The van der Waals surface area contributed by atoms with Gasteiger partial charge in [-0.2, -0.15) is 15.1 Å². The van der Waals surface area contributed by atoms with E-state index in [2.05, 4.69) is 27.1 Å². The first-order chi connectivity index (χ1) is 9.24. The highest BCUT2D eigenvalue weighted by molar-refractivity contribution is 5.84. The fourth-order valence-electron chi connectivity index (χ4n) is 1.87. The number of hydrogen-bond donors (Lipinski definition) is 2. The maximum atomic E-state index is 5.84. The molecule has 3 N–H and O–H groups in total. The Morgan fingerprint density at radius 2 is 2.21 bits per heavy atom. The summed E-state index contributed by atoms with van der Waals surface area (Å²) in [6.45, 7) is 2.75. The van der Waals surface area contributed by atoms with Gasteiger partial charge in [0.2, 0.25) is 0 Å². The van der Waals surface area contributed by atoms with Gasteiger partial charge in [0, 0.05) is 20.1 Å². The van der Waals surface area contributed by atoms with E-state index < -0.39 is 0 Å². The van der Waals surface area contributed by atoms with Crippen LogP contribution in [0.2, 0.25) is 0 Å². The van der Waals surface area contributed by atoms with Crippen molar-refractivity contribution in [3.05, 3.63) is 6.20 Å². The molecule has 7 nitrogen and oxygen atoms in total. The number of aromatic amines is 1. The summed E-state index contributed by atoms with van der Waals surface area (Å²) < 4.78 is 10.9. The Morgan fingerprint density at radius 3 is 2.95 bits per heavy atom. The number of aromatic nitrogens is 4. The van der Waals surface area contributed by atoms with E-state index in [-0.39, 0.29) is 12.1 Å². The van der Waals surface area contributed by atoms with Crippen molar-refractivity contribution >= 4 is 16.9 Å². The van der Waals surface area contributed by atoms with E-state index in [0.717, 1.165) is 19.3 Å². The van der Waals surface area contributed by atoms with Gasteiger partial charge in [-0.1, -0.05) is 13.3 Å². The maximum absolute atomic E-state index is 5.84. The third kappa shape index (κ3) is 3.31. The number of nitrogens with one attached hydrogen (secondary N) is 1. The number of ether oxygens (including phenoxy) is 2. The molecular formula is C12H19N5O2. The molecule has 0 amide bonds. The third-order valence-corrected chi connectivity index (χ3v) is 2.85. The maximum Gasteiger partial charge on any atom is 0.320 e. The molecule has 0 unspecified atom stereocenters. The van der Waals surface area contributed by atoms with Crippen LogP contribution in [0, 0.1) is 0 Å². The number of hydrogen-bond acceptors (Lipinski definition) is 6. The number of fused-ring (bicyclic) bond motifs is 1. The van der Waals surface area contributed by atoms with Crippen molar-refractivity contribution in [2.24, 2.45) is 0 Å². The van der Waals surface area contributed by atoms with Gasteiger partial charge < -0.3 is 15.2 Å². The second-order valence-electron chi connectivity index (χ2n) is 4.33. The second kappa shape index (κ2) is 6.33. The minimum absolute atomic E-state index is 0.0321. The molecule has 0 saturated heterocycles. The van der Waals surface area contributed by atoms with E-state index in [1.807, 2.05) is 0 Å². The van der Waals surface area contributed by atoms with Crippen molar-refractivity contribution in [3.8, 4) is 6.01 Å². The summed E-state index contributed by atoms with van der Waals surface area (Å²) in [4.78, 5) is 8.40. The predicted octanol–water partition coefficient (Wildman–Crippen LogP) is 1.52. The Morgan fingerprint density at radius 1 is 1.37 bits per heavy atom. The topological polar surface area (TPSA) is 98.9 Å². The number of anilines is 1. The highest BCUT2D eigenvalue weighted by Crippen LogP contribution is 2.19. The lowest BCUT2D eigenvalue weighted by Gasteiger charge is -2.16. The van der Waals surface area contributed by atoms with Gasteiger partial charge in [-0.05, 0) is 6.42 Å². The van der Waals surface area contributed by atoms with Crippen LogP contribution in [0.5, 0.6) is 6.01 Å². The normalized spacial score (nSPS) is 12.7. The Hall–Kier alpha value is -1.89. The van der Waals surface area contributed by atoms with Crippen LogP contribution in [0.3, 0.4) is 0 Å². The summed E-state index contributed by atoms with van der Waals surface area (Å²) in [5.74, 6) is 0.371. The average Bonchev–Trinajstić information content (AvgIpc) is 2.85. The van der Waals surface area contributed by atoms with Crippen molar-refractivity contribution in [1.29, 1.82) is 0 Å². The van der Waals surface area contributed by atoms with Crippen LogP contribution in [0.1, 0.15) is 26.2 Å². The van der Waals surface area contributed by atoms with Gasteiger partial charge in [-0.15, -0.1) is 0 Å². The molecule has 0 saturated carbocycles. The SMILES string of the molecule is CCC[C@H](CCOC)Oc1nc(N)c2cn[nH]c2n1. The molecule has 0 radical (unpaired) electrons. The Bertz CT molecular complexity index is 528. The lowest BCUT2D eigenvalue weighted by atomic mass is 10.1. The number of nitrogens with zero attached hydrogens (tertiary/aromatic N) is 3. The fraction of sp³-hybridized carbons (Fsp3) is 0.583. The van der Waals surface area contributed by atoms with Gasteiger partial charge in [-0.25, -0.2) is 0 Å². The third-order valence-electron chi connectivity index (χ3n) is 2.85. The van der Waals surface area contributed by atoms with Crippen molar-refractivity contribution in [3.63, 3.8) is 0 Å². The molecule has 2 aromatic heterocycles. The molecule has 19 heavy (non-hydrogen) atoms. The zero-order chi connectivity index (χ0) is 13.7. The van der Waals surface area contributed by atoms with Crippen LogP contribution in [0.25, 0.3) is 11.0 Å². The Labute approximate surface area is 111 Å². The molecular weight excluding hydrogens is 246 g/mol. The van der Waals surface area contributed by atoms with E-state index in [4.69, 9.17) is 15.2 Å². The molecule has 2 heterocycles. The standard InChI is InChI=1S/C12H19N5O2/c1-3-4-8(5-6-18-2)19-12-15-10(13)9-7-14-17-11(9)16-12/h7-8H,3-6H2,1-2H3,(H3,13,14,15,16,17)/t8-/m1/s1. The first-order valence-electron chi connectivity index (χ1n) is 6.36. The number of nitrogen functional groups attached to an aromatic ring is 1. The summed E-state index contributed by atoms with van der Waals surface area (Å²) in [6.07, 6.45) is 4.38. The smallest absolute Gasteiger partial charge is 0.320 e. The molecule has 7 heteroatoms. The number of methoxy groups -OCH3 is 1. The monoisotopic (exact) mass is 265 g/mol. The van der Waals surface area contributed by atoms with Gasteiger partial charge in [0.25, 0.3) is 0 Å². The van der Waals surface area contributed by atoms with Crippen molar-refractivity contribution in [2.45, 2.75) is 32.3 Å². The molecule has 2 aromatic rings. The summed E-state index contributed by atoms with van der Waals surface area (Å²) >= 11 is 0. The number of H-pyrrole nitrogens is 1. The first-order valence-corrected chi connectivity index (χ1v) is 6.36. The van der Waals surface area contributed by atoms with Crippen molar-refractivity contribution < 1.29 is 9.47 Å². The van der Waals surface area contributed by atoms with Gasteiger partial charge in [0.15, 0.2) is 5.65 Å². The molecule has 0 aliphatic carbocycles. The molecule has 0 spiro atoms. The molecule has 0 aliphatic heterocycles. The van der Waals surface area contributed by atoms with Crippen LogP contribution in [-0.2, 0) is 4.74 Å². The lowest BCUT2D eigenvalue weighted by Crippen LogP contribution is -2.20. The van der Waals surface area contributed by atoms with E-state index in [1.54, 1.807) is 13.3 Å². The molecule has 104 valence electrons. The molecule has 1 atom stereocenters. The second-order valence-corrected chi connectivity index (χ2v) is 4.33. The van der Waals surface area contributed by atoms with E-state index in [9.17, 15) is 0 Å². The van der Waals surface area contributed by atoms with Gasteiger partial charge in [0.05, 0.1) is 11.6 Å². The number of nitrogens with two attached hydrogens (primary N) is 1. The fourth-order valence-corrected chi connectivity index (χ4v) is 1.87. The van der Waals surface area contributed by atoms with Crippen molar-refractivity contribution in [2.75, 3.05) is 19.5 Å². The summed E-state index contributed by atoms with van der Waals surface area (Å²) in [5, 5.41) is 7.35. The largest absolute Gasteiger partial charge is 0.460 e. The Kier molecular flexibility index (Phi) is 4.51. The quantitative estimate of drug-likeness (QED) is 0.787. The summed E-state index contributed by atoms with van der Waals surface area (Å²) in [5.41, 5.74) is 6.42. The van der Waals surface area contributed by atoms with Crippen LogP contribution in [-0.4, -0.2) is 40.0 Å². The van der Waals surface area contributed by atoms with Gasteiger partial charge >= 0.3 is 6.01 Å². The molecule has 2 rings (SSSR count). The molecule has 0 fully saturated rings. The average molecular weight is 265 g/mol.